The van der Waals surface area contributed by atoms with Crippen LogP contribution < -0.4 is 5.32 Å². The first-order chi connectivity index (χ1) is 10.4. The third kappa shape index (κ3) is 5.73. The fourth-order valence-corrected chi connectivity index (χ4v) is 3.81. The van der Waals surface area contributed by atoms with Gasteiger partial charge < -0.3 is 10.1 Å². The highest BCUT2D eigenvalue weighted by Gasteiger charge is 2.25. The molecule has 0 aromatic heterocycles. The zero-order valence-electron chi connectivity index (χ0n) is 12.3. The molecule has 5 nitrogen and oxygen atoms in total. The van der Waals surface area contributed by atoms with Crippen molar-refractivity contribution in [3.05, 3.63) is 35.6 Å². The van der Waals surface area contributed by atoms with Crippen LogP contribution in [0.5, 0.6) is 0 Å². The molecule has 0 spiro atoms. The van der Waals surface area contributed by atoms with Gasteiger partial charge in [-0.2, -0.15) is 0 Å². The molecule has 1 amide bonds. The second kappa shape index (κ2) is 7.69. The molecule has 1 saturated heterocycles. The molecule has 1 aliphatic heterocycles. The van der Waals surface area contributed by atoms with Crippen molar-refractivity contribution in [2.75, 3.05) is 24.7 Å². The van der Waals surface area contributed by atoms with Crippen molar-refractivity contribution in [3.63, 3.8) is 0 Å². The van der Waals surface area contributed by atoms with E-state index in [9.17, 15) is 17.6 Å². The molecule has 2 rings (SSSR count). The van der Waals surface area contributed by atoms with Crippen molar-refractivity contribution >= 4 is 15.7 Å². The van der Waals surface area contributed by atoms with E-state index in [1.165, 1.54) is 12.1 Å². The molecule has 22 heavy (non-hydrogen) atoms. The van der Waals surface area contributed by atoms with E-state index < -0.39 is 21.5 Å². The summed E-state index contributed by atoms with van der Waals surface area (Å²) in [4.78, 5) is 11.7. The summed E-state index contributed by atoms with van der Waals surface area (Å²) < 4.78 is 41.8. The van der Waals surface area contributed by atoms with Gasteiger partial charge in [-0.3, -0.25) is 4.79 Å². The first-order valence-corrected chi connectivity index (χ1v) is 9.10. The predicted molar refractivity (Wildman–Crippen MR) is 80.7 cm³/mol. The minimum atomic E-state index is -3.45. The lowest BCUT2D eigenvalue weighted by Crippen LogP contribution is -2.34. The van der Waals surface area contributed by atoms with Gasteiger partial charge in [0.1, 0.15) is 11.6 Å². The van der Waals surface area contributed by atoms with Crippen molar-refractivity contribution < 1.29 is 22.3 Å². The summed E-state index contributed by atoms with van der Waals surface area (Å²) in [5.41, 5.74) is 0.879. The summed E-state index contributed by atoms with van der Waals surface area (Å²) >= 11 is 0. The summed E-state index contributed by atoms with van der Waals surface area (Å²) in [7, 11) is -3.45. The maximum absolute atomic E-state index is 12.7. The number of hydrogen-bond donors (Lipinski definition) is 1. The Kier molecular flexibility index (Phi) is 5.90. The van der Waals surface area contributed by atoms with Crippen LogP contribution in [0.15, 0.2) is 24.3 Å². The first kappa shape index (κ1) is 16.9. The van der Waals surface area contributed by atoms with E-state index in [4.69, 9.17) is 4.74 Å². The maximum atomic E-state index is 12.7. The van der Waals surface area contributed by atoms with Crippen LogP contribution in [0.1, 0.15) is 18.4 Å². The molecule has 1 fully saturated rings. The number of hydrogen-bond acceptors (Lipinski definition) is 4. The van der Waals surface area contributed by atoms with Crippen molar-refractivity contribution in [3.8, 4) is 0 Å². The Morgan fingerprint density at radius 3 is 2.68 bits per heavy atom. The molecule has 0 bridgehead atoms. The normalized spacial score (nSPS) is 18.3. The number of carbonyl (C=O) groups is 1. The van der Waals surface area contributed by atoms with E-state index >= 15 is 0 Å². The lowest BCUT2D eigenvalue weighted by atomic mass is 10.1. The lowest BCUT2D eigenvalue weighted by Gasteiger charge is -2.10. The Labute approximate surface area is 129 Å². The fourth-order valence-electron chi connectivity index (χ4n) is 2.37. The van der Waals surface area contributed by atoms with Gasteiger partial charge in [-0.15, -0.1) is 0 Å². The van der Waals surface area contributed by atoms with Crippen molar-refractivity contribution in [1.29, 1.82) is 0 Å². The second-order valence-electron chi connectivity index (χ2n) is 5.42. The summed E-state index contributed by atoms with van der Waals surface area (Å²) in [5.74, 6) is -1.44. The highest BCUT2D eigenvalue weighted by atomic mass is 32.2. The Morgan fingerprint density at radius 2 is 2.05 bits per heavy atom. The molecule has 1 aromatic carbocycles. The van der Waals surface area contributed by atoms with Gasteiger partial charge in [0.15, 0.2) is 9.84 Å². The van der Waals surface area contributed by atoms with E-state index in [0.717, 1.165) is 18.4 Å². The van der Waals surface area contributed by atoms with Gasteiger partial charge in [-0.1, -0.05) is 12.1 Å². The van der Waals surface area contributed by atoms with Gasteiger partial charge in [0.2, 0.25) is 5.91 Å². The monoisotopic (exact) mass is 329 g/mol. The highest BCUT2D eigenvalue weighted by molar-refractivity contribution is 7.92. The molecule has 7 heteroatoms. The zero-order chi connectivity index (χ0) is 16.0. The number of halogens is 1. The molecule has 122 valence electrons. The van der Waals surface area contributed by atoms with E-state index in [1.807, 2.05) is 0 Å². The predicted octanol–water partition coefficient (Wildman–Crippen LogP) is 1.08. The van der Waals surface area contributed by atoms with Crippen LogP contribution in [0.4, 0.5) is 4.39 Å². The summed E-state index contributed by atoms with van der Waals surface area (Å²) in [6.07, 6.45) is 1.84. The number of rotatable bonds is 7. The Morgan fingerprint density at radius 1 is 1.32 bits per heavy atom. The molecule has 0 unspecified atom stereocenters. The molecule has 1 N–H and O–H groups in total. The van der Waals surface area contributed by atoms with E-state index in [1.54, 1.807) is 12.1 Å². The maximum Gasteiger partial charge on any atom is 0.235 e. The fraction of sp³-hybridized carbons (Fsp3) is 0.533. The minimum absolute atomic E-state index is 0.0988. The van der Waals surface area contributed by atoms with Gasteiger partial charge in [0.25, 0.3) is 0 Å². The van der Waals surface area contributed by atoms with Gasteiger partial charge in [0.05, 0.1) is 11.9 Å². The largest absolute Gasteiger partial charge is 0.377 e. The minimum Gasteiger partial charge on any atom is -0.377 e. The Bertz CT molecular complexity index is 594. The van der Waals surface area contributed by atoms with Crippen LogP contribution in [0.25, 0.3) is 0 Å². The zero-order valence-corrected chi connectivity index (χ0v) is 13.1. The standard InChI is InChI=1S/C15H20FNO4S/c16-13-5-3-12(4-6-13)7-8-17-15(18)11-22(19,20)10-14-2-1-9-21-14/h3-6,14H,1-2,7-11H2,(H,17,18)/t14-/m0/s1. The molecule has 1 atom stereocenters. The van der Waals surface area contributed by atoms with Gasteiger partial charge >= 0.3 is 0 Å². The van der Waals surface area contributed by atoms with Gasteiger partial charge in [-0.25, -0.2) is 12.8 Å². The van der Waals surface area contributed by atoms with Crippen LogP contribution in [-0.4, -0.2) is 45.1 Å². The number of benzene rings is 1. The van der Waals surface area contributed by atoms with Gasteiger partial charge in [0, 0.05) is 13.2 Å². The Hall–Kier alpha value is -1.47. The average Bonchev–Trinajstić information content (AvgIpc) is 2.92. The third-order valence-corrected chi connectivity index (χ3v) is 5.05. The summed E-state index contributed by atoms with van der Waals surface area (Å²) in [6, 6.07) is 5.97. The average molecular weight is 329 g/mol. The van der Waals surface area contributed by atoms with Crippen molar-refractivity contribution in [1.82, 2.24) is 5.32 Å². The van der Waals surface area contributed by atoms with Crippen molar-refractivity contribution in [2.45, 2.75) is 25.4 Å². The summed E-state index contributed by atoms with van der Waals surface area (Å²) in [5, 5.41) is 2.57. The lowest BCUT2D eigenvalue weighted by molar-refractivity contribution is -0.118. The number of carbonyl (C=O) groups excluding carboxylic acids is 1. The molecule has 0 aliphatic carbocycles. The quantitative estimate of drug-likeness (QED) is 0.812. The van der Waals surface area contributed by atoms with E-state index in [2.05, 4.69) is 5.32 Å². The first-order valence-electron chi connectivity index (χ1n) is 7.28. The van der Waals surface area contributed by atoms with Crippen molar-refractivity contribution in [2.24, 2.45) is 0 Å². The van der Waals surface area contributed by atoms with Crippen LogP contribution in [0, 0.1) is 5.82 Å². The molecule has 1 heterocycles. The van der Waals surface area contributed by atoms with Crippen LogP contribution in [-0.2, 0) is 25.8 Å². The second-order valence-corrected chi connectivity index (χ2v) is 7.53. The Balaban J connectivity index is 1.71. The van der Waals surface area contributed by atoms with Crippen LogP contribution >= 0.6 is 0 Å². The molecule has 0 radical (unpaired) electrons. The SMILES string of the molecule is O=C(CS(=O)(=O)C[C@@H]1CCCO1)NCCc1ccc(F)cc1. The smallest absolute Gasteiger partial charge is 0.235 e. The molecule has 0 saturated carbocycles. The molecule has 1 aromatic rings. The molecule has 1 aliphatic rings. The van der Waals surface area contributed by atoms with E-state index in [0.29, 0.717) is 19.6 Å². The highest BCUT2D eigenvalue weighted by Crippen LogP contribution is 2.14. The van der Waals surface area contributed by atoms with Crippen LogP contribution in [0.3, 0.4) is 0 Å². The topological polar surface area (TPSA) is 72.5 Å². The summed E-state index contributed by atoms with van der Waals surface area (Å²) in [6.45, 7) is 0.907. The molecular formula is C15H20FNO4S. The number of ether oxygens (including phenoxy) is 1. The van der Waals surface area contributed by atoms with Gasteiger partial charge in [-0.05, 0) is 37.0 Å². The number of amides is 1. The van der Waals surface area contributed by atoms with Crippen LogP contribution in [0.2, 0.25) is 0 Å². The number of sulfone groups is 1. The third-order valence-electron chi connectivity index (χ3n) is 3.46. The van der Waals surface area contributed by atoms with E-state index in [-0.39, 0.29) is 17.7 Å². The molecular weight excluding hydrogens is 309 g/mol. The number of nitrogens with one attached hydrogen (secondary N) is 1.